The highest BCUT2D eigenvalue weighted by Gasteiger charge is 2.00. The van der Waals surface area contributed by atoms with E-state index in [1.54, 1.807) is 6.07 Å². The Hall–Kier alpha value is -1.83. The van der Waals surface area contributed by atoms with Gasteiger partial charge < -0.3 is 4.42 Å². The van der Waals surface area contributed by atoms with Gasteiger partial charge in [0.15, 0.2) is 0 Å². The molecule has 0 N–H and O–H groups in total. The zero-order valence-electron chi connectivity index (χ0n) is 7.86. The molecule has 0 saturated heterocycles. The van der Waals surface area contributed by atoms with Gasteiger partial charge in [-0.2, -0.15) is 0 Å². The zero-order valence-corrected chi connectivity index (χ0v) is 7.86. The van der Waals surface area contributed by atoms with Crippen LogP contribution in [0.25, 0.3) is 17.0 Å². The zero-order chi connectivity index (χ0) is 9.97. The van der Waals surface area contributed by atoms with Crippen LogP contribution in [0.5, 0.6) is 0 Å². The third-order valence-corrected chi connectivity index (χ3v) is 2.03. The molecule has 2 heteroatoms. The molecule has 0 atom stereocenters. The van der Waals surface area contributed by atoms with E-state index in [-0.39, 0.29) is 5.63 Å². The smallest absolute Gasteiger partial charge is 0.336 e. The molecule has 0 amide bonds. The third kappa shape index (κ3) is 1.46. The molecule has 0 aliphatic rings. The summed E-state index contributed by atoms with van der Waals surface area (Å²) in [6.45, 7) is 1.92. The van der Waals surface area contributed by atoms with Gasteiger partial charge >= 0.3 is 5.63 Å². The summed E-state index contributed by atoms with van der Waals surface area (Å²) in [6, 6.07) is 9.01. The van der Waals surface area contributed by atoms with Gasteiger partial charge in [0.1, 0.15) is 5.58 Å². The first-order valence-corrected chi connectivity index (χ1v) is 4.47. The normalized spacial score (nSPS) is 11.2. The number of hydrogen-bond donors (Lipinski definition) is 0. The quantitative estimate of drug-likeness (QED) is 0.641. The van der Waals surface area contributed by atoms with Crippen molar-refractivity contribution in [2.24, 2.45) is 0 Å². The fraction of sp³-hybridized carbons (Fsp3) is 0.0833. The van der Waals surface area contributed by atoms with E-state index >= 15 is 0 Å². The van der Waals surface area contributed by atoms with Crippen molar-refractivity contribution >= 4 is 17.0 Å². The van der Waals surface area contributed by atoms with Crippen LogP contribution < -0.4 is 5.63 Å². The maximum atomic E-state index is 11.2. The maximum absolute atomic E-state index is 11.2. The highest BCUT2D eigenvalue weighted by molar-refractivity contribution is 5.85. The van der Waals surface area contributed by atoms with Gasteiger partial charge in [-0.1, -0.05) is 30.4 Å². The Morgan fingerprint density at radius 3 is 2.86 bits per heavy atom. The molecule has 0 unspecified atom stereocenters. The molecule has 0 aliphatic carbocycles. The van der Waals surface area contributed by atoms with E-state index < -0.39 is 0 Å². The molecule has 1 heterocycles. The molecule has 2 rings (SSSR count). The number of benzene rings is 1. The van der Waals surface area contributed by atoms with Crippen LogP contribution in [0, 0.1) is 0 Å². The summed E-state index contributed by atoms with van der Waals surface area (Å²) in [5.41, 5.74) is 1.23. The second-order valence-electron chi connectivity index (χ2n) is 3.02. The van der Waals surface area contributed by atoms with Crippen molar-refractivity contribution in [2.75, 3.05) is 0 Å². The van der Waals surface area contributed by atoms with E-state index in [0.717, 1.165) is 10.9 Å². The first-order chi connectivity index (χ1) is 6.81. The number of allylic oxidation sites excluding steroid dienone is 1. The van der Waals surface area contributed by atoms with Gasteiger partial charge in [-0.15, -0.1) is 0 Å². The SMILES string of the molecule is CC=Cc1cc(=O)oc2ccccc12. The lowest BCUT2D eigenvalue weighted by molar-refractivity contribution is 0.560. The molecule has 70 valence electrons. The Balaban J connectivity index is 2.86. The third-order valence-electron chi connectivity index (χ3n) is 2.03. The summed E-state index contributed by atoms with van der Waals surface area (Å²) < 4.78 is 5.06. The predicted octanol–water partition coefficient (Wildman–Crippen LogP) is 2.83. The fourth-order valence-electron chi connectivity index (χ4n) is 1.45. The fourth-order valence-corrected chi connectivity index (χ4v) is 1.45. The maximum Gasteiger partial charge on any atom is 0.336 e. The summed E-state index contributed by atoms with van der Waals surface area (Å²) in [7, 11) is 0. The van der Waals surface area contributed by atoms with Crippen LogP contribution in [0.15, 0.2) is 45.6 Å². The molecule has 0 spiro atoms. The molecule has 0 fully saturated rings. The second-order valence-corrected chi connectivity index (χ2v) is 3.02. The van der Waals surface area contributed by atoms with Crippen LogP contribution >= 0.6 is 0 Å². The van der Waals surface area contributed by atoms with Crippen LogP contribution in [-0.4, -0.2) is 0 Å². The van der Waals surface area contributed by atoms with E-state index in [1.807, 2.05) is 37.3 Å². The van der Waals surface area contributed by atoms with E-state index in [4.69, 9.17) is 4.42 Å². The topological polar surface area (TPSA) is 30.2 Å². The minimum absolute atomic E-state index is 0.309. The monoisotopic (exact) mass is 186 g/mol. The number of fused-ring (bicyclic) bond motifs is 1. The highest BCUT2D eigenvalue weighted by atomic mass is 16.4. The first-order valence-electron chi connectivity index (χ1n) is 4.47. The Bertz CT molecular complexity index is 535. The van der Waals surface area contributed by atoms with Crippen LogP contribution in [-0.2, 0) is 0 Å². The van der Waals surface area contributed by atoms with Crippen molar-refractivity contribution in [2.45, 2.75) is 6.92 Å². The van der Waals surface area contributed by atoms with Crippen LogP contribution in [0.1, 0.15) is 12.5 Å². The molecular formula is C12H10O2. The van der Waals surface area contributed by atoms with Gasteiger partial charge in [0.05, 0.1) is 0 Å². The predicted molar refractivity (Wildman–Crippen MR) is 57.2 cm³/mol. The average Bonchev–Trinajstić information content (AvgIpc) is 2.18. The minimum atomic E-state index is -0.309. The highest BCUT2D eigenvalue weighted by Crippen LogP contribution is 2.17. The molecule has 0 radical (unpaired) electrons. The average molecular weight is 186 g/mol. The van der Waals surface area contributed by atoms with E-state index in [9.17, 15) is 4.79 Å². The van der Waals surface area contributed by atoms with Gasteiger partial charge in [0.25, 0.3) is 0 Å². The largest absolute Gasteiger partial charge is 0.423 e. The molecule has 2 aromatic rings. The summed E-state index contributed by atoms with van der Waals surface area (Å²) >= 11 is 0. The summed E-state index contributed by atoms with van der Waals surface area (Å²) in [4.78, 5) is 11.2. The Kier molecular flexibility index (Phi) is 2.19. The lowest BCUT2D eigenvalue weighted by Gasteiger charge is -1.98. The van der Waals surface area contributed by atoms with E-state index in [1.165, 1.54) is 6.07 Å². The Labute approximate surface area is 81.5 Å². The molecule has 0 bridgehead atoms. The second kappa shape index (κ2) is 3.50. The Morgan fingerprint density at radius 2 is 2.07 bits per heavy atom. The minimum Gasteiger partial charge on any atom is -0.423 e. The lowest BCUT2D eigenvalue weighted by Crippen LogP contribution is -1.97. The van der Waals surface area contributed by atoms with Crippen LogP contribution in [0.4, 0.5) is 0 Å². The van der Waals surface area contributed by atoms with Crippen molar-refractivity contribution in [3.8, 4) is 0 Å². The van der Waals surface area contributed by atoms with Crippen LogP contribution in [0.2, 0.25) is 0 Å². The molecule has 1 aromatic carbocycles. The van der Waals surface area contributed by atoms with Gasteiger partial charge in [-0.3, -0.25) is 0 Å². The van der Waals surface area contributed by atoms with Gasteiger partial charge in [0.2, 0.25) is 0 Å². The standard InChI is InChI=1S/C12H10O2/c1-2-5-9-8-12(13)14-11-7-4-3-6-10(9)11/h2-8H,1H3. The summed E-state index contributed by atoms with van der Waals surface area (Å²) in [5.74, 6) is 0. The van der Waals surface area contributed by atoms with Crippen LogP contribution in [0.3, 0.4) is 0 Å². The van der Waals surface area contributed by atoms with Crippen molar-refractivity contribution in [1.82, 2.24) is 0 Å². The van der Waals surface area contributed by atoms with Gasteiger partial charge in [-0.05, 0) is 18.6 Å². The number of hydrogen-bond acceptors (Lipinski definition) is 2. The van der Waals surface area contributed by atoms with E-state index in [0.29, 0.717) is 5.58 Å². The molecule has 0 aliphatic heterocycles. The number of para-hydroxylation sites is 1. The summed E-state index contributed by atoms with van der Waals surface area (Å²) in [5, 5.41) is 0.963. The molecular weight excluding hydrogens is 176 g/mol. The molecule has 14 heavy (non-hydrogen) atoms. The lowest BCUT2D eigenvalue weighted by atomic mass is 10.1. The Morgan fingerprint density at radius 1 is 1.29 bits per heavy atom. The van der Waals surface area contributed by atoms with Gasteiger partial charge in [0, 0.05) is 11.5 Å². The van der Waals surface area contributed by atoms with Crippen molar-refractivity contribution in [1.29, 1.82) is 0 Å². The molecule has 1 aromatic heterocycles. The molecule has 0 saturated carbocycles. The first kappa shape index (κ1) is 8.75. The van der Waals surface area contributed by atoms with Crippen molar-refractivity contribution < 1.29 is 4.42 Å². The van der Waals surface area contributed by atoms with Gasteiger partial charge in [-0.25, -0.2) is 4.79 Å². The molecule has 2 nitrogen and oxygen atoms in total. The van der Waals surface area contributed by atoms with Crippen molar-refractivity contribution in [3.63, 3.8) is 0 Å². The number of rotatable bonds is 1. The summed E-state index contributed by atoms with van der Waals surface area (Å²) in [6.07, 6.45) is 3.81. The van der Waals surface area contributed by atoms with Crippen molar-refractivity contribution in [3.05, 3.63) is 52.4 Å². The van der Waals surface area contributed by atoms with E-state index in [2.05, 4.69) is 0 Å².